The van der Waals surface area contributed by atoms with Gasteiger partial charge in [-0.2, -0.15) is 0 Å². The number of ether oxygens (including phenoxy) is 1. The smallest absolute Gasteiger partial charge is 0.410 e. The summed E-state index contributed by atoms with van der Waals surface area (Å²) >= 11 is 0. The topological polar surface area (TPSA) is 61.8 Å². The van der Waals surface area contributed by atoms with Gasteiger partial charge in [-0.25, -0.2) is 4.79 Å². The van der Waals surface area contributed by atoms with Crippen LogP contribution in [-0.2, 0) is 4.74 Å². The Morgan fingerprint density at radius 3 is 2.75 bits per heavy atom. The number of carbonyl (C=O) groups excluding carboxylic acids is 1. The van der Waals surface area contributed by atoms with Crippen LogP contribution in [0.1, 0.15) is 47.0 Å². The minimum atomic E-state index is -0.448. The number of nitrogens with zero attached hydrogens (tertiary/aromatic N) is 1. The summed E-state index contributed by atoms with van der Waals surface area (Å²) in [6, 6.07) is 0.273. The second-order valence-electron chi connectivity index (χ2n) is 6.51. The zero-order valence-corrected chi connectivity index (χ0v) is 13.3. The summed E-state index contributed by atoms with van der Waals surface area (Å²) in [6.07, 6.45) is 2.61. The molecule has 5 heteroatoms. The molecule has 0 unspecified atom stereocenters. The van der Waals surface area contributed by atoms with Gasteiger partial charge in [0, 0.05) is 25.7 Å². The van der Waals surface area contributed by atoms with Gasteiger partial charge in [-0.3, -0.25) is 0 Å². The van der Waals surface area contributed by atoms with E-state index in [-0.39, 0.29) is 18.7 Å². The summed E-state index contributed by atoms with van der Waals surface area (Å²) in [5.41, 5.74) is -0.448. The van der Waals surface area contributed by atoms with Crippen molar-refractivity contribution in [2.75, 3.05) is 26.2 Å². The first-order chi connectivity index (χ1) is 9.37. The quantitative estimate of drug-likeness (QED) is 0.811. The van der Waals surface area contributed by atoms with Gasteiger partial charge in [-0.1, -0.05) is 6.92 Å². The van der Waals surface area contributed by atoms with Gasteiger partial charge in [0.2, 0.25) is 0 Å². The highest BCUT2D eigenvalue weighted by atomic mass is 16.6. The number of nitrogens with one attached hydrogen (secondary N) is 1. The molecule has 1 heterocycles. The lowest BCUT2D eigenvalue weighted by molar-refractivity contribution is 0.0139. The van der Waals surface area contributed by atoms with Gasteiger partial charge in [0.15, 0.2) is 0 Å². The summed E-state index contributed by atoms with van der Waals surface area (Å²) < 4.78 is 5.44. The molecule has 1 amide bonds. The van der Waals surface area contributed by atoms with Crippen LogP contribution in [0, 0.1) is 5.92 Å². The second kappa shape index (κ2) is 7.84. The summed E-state index contributed by atoms with van der Waals surface area (Å²) in [7, 11) is 0. The Balaban J connectivity index is 2.58. The first-order valence-electron chi connectivity index (χ1n) is 7.69. The summed E-state index contributed by atoms with van der Waals surface area (Å²) in [5, 5.41) is 12.6. The van der Waals surface area contributed by atoms with Crippen molar-refractivity contribution in [3.05, 3.63) is 0 Å². The molecule has 1 aliphatic heterocycles. The van der Waals surface area contributed by atoms with Crippen molar-refractivity contribution in [2.45, 2.75) is 58.6 Å². The Morgan fingerprint density at radius 1 is 1.50 bits per heavy atom. The largest absolute Gasteiger partial charge is 0.444 e. The molecule has 0 spiro atoms. The van der Waals surface area contributed by atoms with Crippen LogP contribution in [0.4, 0.5) is 4.79 Å². The Bertz CT molecular complexity index is 296. The number of piperidine rings is 1. The van der Waals surface area contributed by atoms with Gasteiger partial charge >= 0.3 is 6.09 Å². The molecule has 0 aromatic heterocycles. The van der Waals surface area contributed by atoms with Crippen LogP contribution < -0.4 is 5.32 Å². The maximum atomic E-state index is 12.1. The average Bonchev–Trinajstić information content (AvgIpc) is 2.37. The fraction of sp³-hybridized carbons (Fsp3) is 0.933. The Kier molecular flexibility index (Phi) is 6.76. The fourth-order valence-corrected chi connectivity index (χ4v) is 2.74. The number of hydrogen-bond donors (Lipinski definition) is 2. The minimum Gasteiger partial charge on any atom is -0.444 e. The van der Waals surface area contributed by atoms with Gasteiger partial charge in [0.25, 0.3) is 0 Å². The van der Waals surface area contributed by atoms with Gasteiger partial charge in [0.1, 0.15) is 5.60 Å². The van der Waals surface area contributed by atoms with Crippen molar-refractivity contribution in [2.24, 2.45) is 5.92 Å². The lowest BCUT2D eigenvalue weighted by atomic mass is 9.89. The molecule has 2 atom stereocenters. The molecule has 5 nitrogen and oxygen atoms in total. The number of aliphatic hydroxyl groups is 1. The van der Waals surface area contributed by atoms with Crippen molar-refractivity contribution in [3.63, 3.8) is 0 Å². The van der Waals surface area contributed by atoms with Crippen LogP contribution in [0.2, 0.25) is 0 Å². The molecule has 0 aliphatic carbocycles. The monoisotopic (exact) mass is 286 g/mol. The summed E-state index contributed by atoms with van der Waals surface area (Å²) in [5.74, 6) is 0.392. The third-order valence-corrected chi connectivity index (χ3v) is 3.58. The van der Waals surface area contributed by atoms with Crippen molar-refractivity contribution in [1.29, 1.82) is 0 Å². The fourth-order valence-electron chi connectivity index (χ4n) is 2.74. The van der Waals surface area contributed by atoms with E-state index in [1.165, 1.54) is 0 Å². The van der Waals surface area contributed by atoms with Gasteiger partial charge in [-0.05, 0) is 52.5 Å². The highest BCUT2D eigenvalue weighted by Crippen LogP contribution is 2.23. The predicted octanol–water partition coefficient (Wildman–Crippen LogP) is 1.99. The molecule has 1 rings (SSSR count). The molecular weight excluding hydrogens is 256 g/mol. The minimum absolute atomic E-state index is 0.181. The van der Waals surface area contributed by atoms with E-state index in [9.17, 15) is 9.90 Å². The number of hydrogen-bond acceptors (Lipinski definition) is 4. The van der Waals surface area contributed by atoms with Gasteiger partial charge < -0.3 is 20.1 Å². The first kappa shape index (κ1) is 17.2. The van der Waals surface area contributed by atoms with Crippen molar-refractivity contribution >= 4 is 6.09 Å². The number of aliphatic hydroxyl groups excluding tert-OH is 1. The normalized spacial score (nSPS) is 21.6. The Hall–Kier alpha value is -0.810. The number of amides is 1. The molecule has 118 valence electrons. The van der Waals surface area contributed by atoms with Crippen LogP contribution >= 0.6 is 0 Å². The second-order valence-corrected chi connectivity index (χ2v) is 6.51. The zero-order valence-electron chi connectivity index (χ0n) is 13.3. The van der Waals surface area contributed by atoms with Crippen LogP contribution in [0.15, 0.2) is 0 Å². The highest BCUT2D eigenvalue weighted by molar-refractivity contribution is 5.68. The lowest BCUT2D eigenvalue weighted by Crippen LogP contribution is -2.49. The first-order valence-corrected chi connectivity index (χ1v) is 7.69. The summed E-state index contributed by atoms with van der Waals surface area (Å²) in [6.45, 7) is 10.3. The molecule has 0 saturated carbocycles. The number of likely N-dealkylation sites (tertiary alicyclic amines) is 1. The number of carbonyl (C=O) groups is 1. The van der Waals surface area contributed by atoms with Crippen LogP contribution in [0.25, 0.3) is 0 Å². The Morgan fingerprint density at radius 2 is 2.20 bits per heavy atom. The Labute approximate surface area is 122 Å². The molecule has 2 N–H and O–H groups in total. The van der Waals surface area contributed by atoms with E-state index in [1.54, 1.807) is 4.90 Å². The molecule has 1 fully saturated rings. The van der Waals surface area contributed by atoms with E-state index in [0.717, 1.165) is 32.4 Å². The van der Waals surface area contributed by atoms with E-state index in [4.69, 9.17) is 4.74 Å². The van der Waals surface area contributed by atoms with Crippen LogP contribution in [0.5, 0.6) is 0 Å². The molecule has 0 bridgehead atoms. The molecule has 1 aliphatic rings. The van der Waals surface area contributed by atoms with Gasteiger partial charge in [-0.15, -0.1) is 0 Å². The van der Waals surface area contributed by atoms with Crippen LogP contribution in [0.3, 0.4) is 0 Å². The molecule has 0 aromatic carbocycles. The van der Waals surface area contributed by atoms with E-state index in [1.807, 2.05) is 20.8 Å². The SMILES string of the molecule is CCN[C@H](CCO)[C@@H]1CCCN(C(=O)OC(C)(C)C)C1. The highest BCUT2D eigenvalue weighted by Gasteiger charge is 2.31. The molecule has 0 aromatic rings. The van der Waals surface area contributed by atoms with E-state index in [2.05, 4.69) is 12.2 Å². The standard InChI is InChI=1S/C15H30N2O3/c1-5-16-13(8-10-18)12-7-6-9-17(11-12)14(19)20-15(2,3)4/h12-13,16,18H,5-11H2,1-4H3/t12-,13-/m1/s1. The maximum absolute atomic E-state index is 12.1. The summed E-state index contributed by atoms with van der Waals surface area (Å²) in [4.78, 5) is 13.9. The molecule has 1 saturated heterocycles. The third-order valence-electron chi connectivity index (χ3n) is 3.58. The zero-order chi connectivity index (χ0) is 15.2. The number of rotatable bonds is 5. The van der Waals surface area contributed by atoms with Crippen molar-refractivity contribution < 1.29 is 14.6 Å². The van der Waals surface area contributed by atoms with E-state index in [0.29, 0.717) is 12.5 Å². The predicted molar refractivity (Wildman–Crippen MR) is 79.7 cm³/mol. The van der Waals surface area contributed by atoms with Crippen molar-refractivity contribution in [3.8, 4) is 0 Å². The van der Waals surface area contributed by atoms with E-state index >= 15 is 0 Å². The molecule has 0 radical (unpaired) electrons. The molecular formula is C15H30N2O3. The third kappa shape index (κ3) is 5.67. The van der Waals surface area contributed by atoms with Gasteiger partial charge in [0.05, 0.1) is 0 Å². The maximum Gasteiger partial charge on any atom is 0.410 e. The van der Waals surface area contributed by atoms with Crippen LogP contribution in [-0.4, -0.2) is 54.0 Å². The van der Waals surface area contributed by atoms with Crippen molar-refractivity contribution in [1.82, 2.24) is 10.2 Å². The lowest BCUT2D eigenvalue weighted by Gasteiger charge is -2.37. The molecule has 20 heavy (non-hydrogen) atoms. The van der Waals surface area contributed by atoms with E-state index < -0.39 is 5.60 Å². The average molecular weight is 286 g/mol.